The Morgan fingerprint density at radius 3 is 2.32 bits per heavy atom. The minimum Gasteiger partial charge on any atom is -0.491 e. The van der Waals surface area contributed by atoms with Crippen molar-refractivity contribution >= 4 is 12.6 Å². The van der Waals surface area contributed by atoms with Crippen LogP contribution in [0.25, 0.3) is 0 Å². The standard InChI is InChI=1S/C15H23BO3/c1-10-4-5-15(14(9-10)16(17)18)19-13-7-11(2)6-12(3)8-13/h4-5,9,11-13,17-18H,6-8H2,1-3H3. The zero-order chi connectivity index (χ0) is 14.0. The van der Waals surface area contributed by atoms with Crippen molar-refractivity contribution in [1.82, 2.24) is 0 Å². The molecule has 4 heteroatoms. The predicted molar refractivity (Wildman–Crippen MR) is 77.6 cm³/mol. The fraction of sp³-hybridized carbons (Fsp3) is 0.600. The molecule has 0 aliphatic heterocycles. The van der Waals surface area contributed by atoms with Gasteiger partial charge in [0.15, 0.2) is 0 Å². The molecule has 2 N–H and O–H groups in total. The highest BCUT2D eigenvalue weighted by molar-refractivity contribution is 6.59. The Labute approximate surface area is 115 Å². The number of hydrogen-bond donors (Lipinski definition) is 2. The van der Waals surface area contributed by atoms with Crippen molar-refractivity contribution < 1.29 is 14.8 Å². The van der Waals surface area contributed by atoms with Crippen molar-refractivity contribution in [3.63, 3.8) is 0 Å². The zero-order valence-corrected chi connectivity index (χ0v) is 12.0. The van der Waals surface area contributed by atoms with E-state index in [1.165, 1.54) is 6.42 Å². The summed E-state index contributed by atoms with van der Waals surface area (Å²) in [5.74, 6) is 1.94. The molecular weight excluding hydrogens is 239 g/mol. The molecule has 2 rings (SSSR count). The molecule has 3 nitrogen and oxygen atoms in total. The van der Waals surface area contributed by atoms with E-state index < -0.39 is 7.12 Å². The molecular formula is C15H23BO3. The summed E-state index contributed by atoms with van der Waals surface area (Å²) < 4.78 is 6.02. The molecule has 1 aliphatic carbocycles. The maximum Gasteiger partial charge on any atom is 0.492 e. The Kier molecular flexibility index (Phi) is 4.53. The Bertz CT molecular complexity index is 423. The molecule has 1 aliphatic rings. The molecule has 2 unspecified atom stereocenters. The zero-order valence-electron chi connectivity index (χ0n) is 12.0. The summed E-state index contributed by atoms with van der Waals surface area (Å²) in [6.45, 7) is 6.44. The van der Waals surface area contributed by atoms with Gasteiger partial charge in [0, 0.05) is 5.46 Å². The van der Waals surface area contributed by atoms with Crippen molar-refractivity contribution in [1.29, 1.82) is 0 Å². The van der Waals surface area contributed by atoms with Gasteiger partial charge in [0.1, 0.15) is 5.75 Å². The van der Waals surface area contributed by atoms with E-state index in [9.17, 15) is 10.0 Å². The Morgan fingerprint density at radius 2 is 1.74 bits per heavy atom. The molecule has 0 heterocycles. The lowest BCUT2D eigenvalue weighted by Gasteiger charge is -2.32. The second-order valence-corrected chi connectivity index (χ2v) is 6.07. The van der Waals surface area contributed by atoms with Gasteiger partial charge >= 0.3 is 7.12 Å². The SMILES string of the molecule is Cc1ccc(OC2CC(C)CC(C)C2)c(B(O)O)c1. The van der Waals surface area contributed by atoms with Crippen LogP contribution < -0.4 is 10.2 Å². The Morgan fingerprint density at radius 1 is 1.11 bits per heavy atom. The maximum atomic E-state index is 9.44. The van der Waals surface area contributed by atoms with Crippen LogP contribution in [0.5, 0.6) is 5.75 Å². The lowest BCUT2D eigenvalue weighted by Crippen LogP contribution is -2.35. The van der Waals surface area contributed by atoms with Gasteiger partial charge in [-0.05, 0) is 44.1 Å². The minimum absolute atomic E-state index is 0.180. The summed E-state index contributed by atoms with van der Waals surface area (Å²) in [7, 11) is -1.48. The molecule has 0 aromatic heterocycles. The quantitative estimate of drug-likeness (QED) is 0.818. The van der Waals surface area contributed by atoms with Gasteiger partial charge in [-0.3, -0.25) is 0 Å². The highest BCUT2D eigenvalue weighted by Crippen LogP contribution is 2.31. The first-order valence-corrected chi connectivity index (χ1v) is 7.09. The Hall–Kier alpha value is -0.995. The highest BCUT2D eigenvalue weighted by atomic mass is 16.5. The fourth-order valence-corrected chi connectivity index (χ4v) is 3.13. The lowest BCUT2D eigenvalue weighted by molar-refractivity contribution is 0.102. The van der Waals surface area contributed by atoms with E-state index in [4.69, 9.17) is 4.74 Å². The molecule has 0 saturated heterocycles. The molecule has 0 bridgehead atoms. The van der Waals surface area contributed by atoms with Crippen LogP contribution in [-0.4, -0.2) is 23.3 Å². The van der Waals surface area contributed by atoms with Gasteiger partial charge in [-0.2, -0.15) is 0 Å². The van der Waals surface area contributed by atoms with Gasteiger partial charge in [-0.25, -0.2) is 0 Å². The average molecular weight is 262 g/mol. The van der Waals surface area contributed by atoms with Crippen molar-refractivity contribution in [3.05, 3.63) is 23.8 Å². The smallest absolute Gasteiger partial charge is 0.491 e. The van der Waals surface area contributed by atoms with E-state index in [1.54, 1.807) is 6.07 Å². The molecule has 1 aromatic rings. The molecule has 2 atom stereocenters. The summed E-state index contributed by atoms with van der Waals surface area (Å²) in [5, 5.41) is 18.9. The van der Waals surface area contributed by atoms with Crippen LogP contribution in [0.15, 0.2) is 18.2 Å². The van der Waals surface area contributed by atoms with Crippen molar-refractivity contribution in [2.24, 2.45) is 11.8 Å². The number of aryl methyl sites for hydroxylation is 1. The van der Waals surface area contributed by atoms with Crippen LogP contribution in [0.3, 0.4) is 0 Å². The third kappa shape index (κ3) is 3.74. The third-order valence-corrected chi connectivity index (χ3v) is 3.87. The van der Waals surface area contributed by atoms with Gasteiger partial charge in [0.25, 0.3) is 0 Å². The first-order chi connectivity index (χ1) is 8.95. The normalized spacial score (nSPS) is 27.1. The van der Waals surface area contributed by atoms with Gasteiger partial charge in [-0.1, -0.05) is 31.5 Å². The highest BCUT2D eigenvalue weighted by Gasteiger charge is 2.27. The maximum absolute atomic E-state index is 9.44. The van der Waals surface area contributed by atoms with Gasteiger partial charge in [0.05, 0.1) is 6.10 Å². The summed E-state index contributed by atoms with van der Waals surface area (Å²) in [6, 6.07) is 5.56. The second-order valence-electron chi connectivity index (χ2n) is 6.07. The van der Waals surface area contributed by atoms with Crippen LogP contribution in [0.4, 0.5) is 0 Å². The summed E-state index contributed by atoms with van der Waals surface area (Å²) in [6.07, 6.45) is 3.51. The molecule has 19 heavy (non-hydrogen) atoms. The summed E-state index contributed by atoms with van der Waals surface area (Å²) in [5.41, 5.74) is 1.46. The third-order valence-electron chi connectivity index (χ3n) is 3.87. The van der Waals surface area contributed by atoms with E-state index in [2.05, 4.69) is 13.8 Å². The second kappa shape index (κ2) is 5.97. The van der Waals surface area contributed by atoms with Crippen molar-refractivity contribution in [2.75, 3.05) is 0 Å². The lowest BCUT2D eigenvalue weighted by atomic mass is 9.78. The van der Waals surface area contributed by atoms with Crippen molar-refractivity contribution in [3.8, 4) is 5.75 Å². The van der Waals surface area contributed by atoms with Gasteiger partial charge in [-0.15, -0.1) is 0 Å². The van der Waals surface area contributed by atoms with Crippen molar-refractivity contribution in [2.45, 2.75) is 46.1 Å². The van der Waals surface area contributed by atoms with Crippen LogP contribution >= 0.6 is 0 Å². The predicted octanol–water partition coefficient (Wildman–Crippen LogP) is 1.88. The summed E-state index contributed by atoms with van der Waals surface area (Å²) >= 11 is 0. The average Bonchev–Trinajstić information content (AvgIpc) is 2.30. The summed E-state index contributed by atoms with van der Waals surface area (Å²) in [4.78, 5) is 0. The van der Waals surface area contributed by atoms with E-state index in [0.29, 0.717) is 23.0 Å². The van der Waals surface area contributed by atoms with E-state index in [1.807, 2.05) is 19.1 Å². The molecule has 104 valence electrons. The number of benzene rings is 1. The van der Waals surface area contributed by atoms with E-state index >= 15 is 0 Å². The first kappa shape index (κ1) is 14.4. The molecule has 1 fully saturated rings. The number of hydrogen-bond acceptors (Lipinski definition) is 3. The first-order valence-electron chi connectivity index (χ1n) is 7.09. The monoisotopic (exact) mass is 262 g/mol. The largest absolute Gasteiger partial charge is 0.492 e. The van der Waals surface area contributed by atoms with E-state index in [-0.39, 0.29) is 6.10 Å². The van der Waals surface area contributed by atoms with Crippen LogP contribution in [0, 0.1) is 18.8 Å². The number of rotatable bonds is 3. The molecule has 1 saturated carbocycles. The molecule has 0 amide bonds. The van der Waals surface area contributed by atoms with Crippen LogP contribution in [0.2, 0.25) is 0 Å². The minimum atomic E-state index is -1.48. The van der Waals surface area contributed by atoms with Gasteiger partial charge in [0.2, 0.25) is 0 Å². The fourth-order valence-electron chi connectivity index (χ4n) is 3.13. The van der Waals surface area contributed by atoms with Crippen LogP contribution in [-0.2, 0) is 0 Å². The molecule has 1 aromatic carbocycles. The van der Waals surface area contributed by atoms with E-state index in [0.717, 1.165) is 18.4 Å². The van der Waals surface area contributed by atoms with Gasteiger partial charge < -0.3 is 14.8 Å². The Balaban J connectivity index is 2.14. The van der Waals surface area contributed by atoms with Crippen LogP contribution in [0.1, 0.15) is 38.7 Å². The molecule has 0 spiro atoms. The molecule has 0 radical (unpaired) electrons. The topological polar surface area (TPSA) is 49.7 Å². The number of ether oxygens (including phenoxy) is 1.